The first-order valence-electron chi connectivity index (χ1n) is 8.85. The minimum atomic E-state index is -0.472. The summed E-state index contributed by atoms with van der Waals surface area (Å²) >= 11 is 18.4. The molecule has 0 spiro atoms. The molecule has 0 saturated heterocycles. The van der Waals surface area contributed by atoms with E-state index in [2.05, 4.69) is 5.10 Å². The minimum Gasteiger partial charge on any atom is -0.457 e. The summed E-state index contributed by atoms with van der Waals surface area (Å²) in [6.07, 6.45) is 1.56. The summed E-state index contributed by atoms with van der Waals surface area (Å²) < 4.78 is 5.79. The van der Waals surface area contributed by atoms with Gasteiger partial charge in [0, 0.05) is 22.7 Å². The molecule has 2 heterocycles. The van der Waals surface area contributed by atoms with Crippen molar-refractivity contribution >= 4 is 63.9 Å². The van der Waals surface area contributed by atoms with Gasteiger partial charge in [0.2, 0.25) is 0 Å². The van der Waals surface area contributed by atoms with E-state index in [-0.39, 0.29) is 21.4 Å². The highest BCUT2D eigenvalue weighted by Gasteiger charge is 2.32. The van der Waals surface area contributed by atoms with Crippen LogP contribution < -0.4 is 5.01 Å². The Morgan fingerprint density at radius 3 is 2.32 bits per heavy atom. The number of furan rings is 1. The third kappa shape index (κ3) is 4.07. The van der Waals surface area contributed by atoms with Gasteiger partial charge in [-0.2, -0.15) is 10.1 Å². The van der Waals surface area contributed by atoms with Gasteiger partial charge in [-0.3, -0.25) is 14.9 Å². The van der Waals surface area contributed by atoms with Gasteiger partial charge in [0.25, 0.3) is 11.6 Å². The van der Waals surface area contributed by atoms with Crippen molar-refractivity contribution in [1.82, 2.24) is 0 Å². The number of hydrogen-bond donors (Lipinski definition) is 0. The molecular formula is C21H12Cl3N3O4. The largest absolute Gasteiger partial charge is 0.457 e. The molecule has 3 aromatic rings. The maximum atomic E-state index is 13.0. The van der Waals surface area contributed by atoms with Gasteiger partial charge in [-0.1, -0.05) is 34.8 Å². The first kappa shape index (κ1) is 21.1. The number of hydrazone groups is 1. The lowest BCUT2D eigenvalue weighted by Gasteiger charge is -2.15. The number of carbonyl (C=O) groups is 1. The number of non-ortho nitro benzene ring substituents is 1. The molecule has 0 radical (unpaired) electrons. The normalized spacial score (nSPS) is 15.0. The van der Waals surface area contributed by atoms with Crippen molar-refractivity contribution < 1.29 is 14.1 Å². The zero-order chi connectivity index (χ0) is 22.3. The molecule has 1 aliphatic rings. The van der Waals surface area contributed by atoms with Crippen LogP contribution in [0.25, 0.3) is 17.4 Å². The topological polar surface area (TPSA) is 89.0 Å². The standard InChI is InChI=1S/C21H12Cl3N3O4/c1-11-16(21(28)26(25-11)20-17(23)8-13(22)9-18(20)24)10-15-6-7-19(31-15)12-2-4-14(5-3-12)27(29)30/h2-10H,1H3. The Bertz CT molecular complexity index is 1260. The molecule has 1 aromatic heterocycles. The lowest BCUT2D eigenvalue weighted by atomic mass is 10.1. The molecule has 2 aromatic carbocycles. The monoisotopic (exact) mass is 475 g/mol. The number of halogens is 3. The van der Waals surface area contributed by atoms with Gasteiger partial charge < -0.3 is 4.42 Å². The molecule has 156 valence electrons. The third-order valence-electron chi connectivity index (χ3n) is 4.53. The summed E-state index contributed by atoms with van der Waals surface area (Å²) in [5.74, 6) is 0.501. The molecule has 4 rings (SSSR count). The molecule has 10 heteroatoms. The van der Waals surface area contributed by atoms with Crippen LogP contribution >= 0.6 is 34.8 Å². The molecule has 0 unspecified atom stereocenters. The van der Waals surface area contributed by atoms with E-state index in [1.165, 1.54) is 24.3 Å². The van der Waals surface area contributed by atoms with Crippen LogP contribution in [-0.4, -0.2) is 16.5 Å². The van der Waals surface area contributed by atoms with Gasteiger partial charge >= 0.3 is 0 Å². The fourth-order valence-electron chi connectivity index (χ4n) is 3.05. The molecule has 1 aliphatic heterocycles. The van der Waals surface area contributed by atoms with Crippen molar-refractivity contribution in [1.29, 1.82) is 0 Å². The molecule has 0 aliphatic carbocycles. The van der Waals surface area contributed by atoms with Crippen LogP contribution in [0.5, 0.6) is 0 Å². The summed E-state index contributed by atoms with van der Waals surface area (Å²) in [5, 5.41) is 16.9. The average molecular weight is 477 g/mol. The van der Waals surface area contributed by atoms with Gasteiger partial charge in [-0.05, 0) is 49.4 Å². The first-order valence-corrected chi connectivity index (χ1v) is 9.99. The number of benzene rings is 2. The van der Waals surface area contributed by atoms with Crippen LogP contribution in [0.1, 0.15) is 12.7 Å². The number of amides is 1. The van der Waals surface area contributed by atoms with E-state index in [0.717, 1.165) is 5.01 Å². The molecule has 0 fully saturated rings. The summed E-state index contributed by atoms with van der Waals surface area (Å²) in [6, 6.07) is 12.3. The van der Waals surface area contributed by atoms with Crippen LogP contribution in [-0.2, 0) is 4.79 Å². The Labute approximate surface area is 191 Å². The number of carbonyl (C=O) groups excluding carboxylic acids is 1. The van der Waals surface area contributed by atoms with Crippen LogP contribution in [0.2, 0.25) is 15.1 Å². The van der Waals surface area contributed by atoms with Gasteiger partial charge in [-0.25, -0.2) is 0 Å². The molecular weight excluding hydrogens is 465 g/mol. The maximum absolute atomic E-state index is 13.0. The van der Waals surface area contributed by atoms with Crippen LogP contribution in [0.3, 0.4) is 0 Å². The van der Waals surface area contributed by atoms with Crippen molar-refractivity contribution in [2.45, 2.75) is 6.92 Å². The minimum absolute atomic E-state index is 0.0133. The van der Waals surface area contributed by atoms with Crippen LogP contribution in [0.4, 0.5) is 11.4 Å². The fraction of sp³-hybridized carbons (Fsp3) is 0.0476. The number of anilines is 1. The second-order valence-corrected chi connectivity index (χ2v) is 7.84. The summed E-state index contributed by atoms with van der Waals surface area (Å²) in [6.45, 7) is 1.68. The SMILES string of the molecule is CC1=NN(c2c(Cl)cc(Cl)cc2Cl)C(=O)C1=Cc1ccc(-c2ccc([N+](=O)[O-])cc2)o1. The van der Waals surface area contributed by atoms with E-state index in [1.54, 1.807) is 37.3 Å². The summed E-state index contributed by atoms with van der Waals surface area (Å²) in [7, 11) is 0. The molecule has 0 saturated carbocycles. The van der Waals surface area contributed by atoms with Crippen molar-refractivity contribution in [3.05, 3.63) is 85.0 Å². The molecule has 31 heavy (non-hydrogen) atoms. The number of hydrogen-bond acceptors (Lipinski definition) is 5. The van der Waals surface area contributed by atoms with E-state index in [0.29, 0.717) is 33.4 Å². The third-order valence-corrected chi connectivity index (χ3v) is 5.33. The van der Waals surface area contributed by atoms with E-state index < -0.39 is 10.8 Å². The second kappa shape index (κ2) is 8.19. The van der Waals surface area contributed by atoms with Crippen molar-refractivity contribution in [3.8, 4) is 11.3 Å². The maximum Gasteiger partial charge on any atom is 0.280 e. The van der Waals surface area contributed by atoms with Crippen molar-refractivity contribution in [2.24, 2.45) is 5.10 Å². The van der Waals surface area contributed by atoms with Crippen molar-refractivity contribution in [2.75, 3.05) is 5.01 Å². The zero-order valence-electron chi connectivity index (χ0n) is 15.8. The lowest BCUT2D eigenvalue weighted by Crippen LogP contribution is -2.22. The highest BCUT2D eigenvalue weighted by Crippen LogP contribution is 2.39. The van der Waals surface area contributed by atoms with E-state index in [4.69, 9.17) is 39.2 Å². The molecule has 0 bridgehead atoms. The van der Waals surface area contributed by atoms with Gasteiger partial charge in [-0.15, -0.1) is 0 Å². The Morgan fingerprint density at radius 1 is 1.06 bits per heavy atom. The van der Waals surface area contributed by atoms with Gasteiger partial charge in [0.15, 0.2) is 0 Å². The first-order chi connectivity index (χ1) is 14.7. The lowest BCUT2D eigenvalue weighted by molar-refractivity contribution is -0.384. The van der Waals surface area contributed by atoms with Gasteiger partial charge in [0.1, 0.15) is 17.2 Å². The van der Waals surface area contributed by atoms with E-state index >= 15 is 0 Å². The van der Waals surface area contributed by atoms with E-state index in [1.807, 2.05) is 0 Å². The van der Waals surface area contributed by atoms with Gasteiger partial charge in [0.05, 0.1) is 26.3 Å². The van der Waals surface area contributed by atoms with Crippen molar-refractivity contribution in [3.63, 3.8) is 0 Å². The number of nitro groups is 1. The smallest absolute Gasteiger partial charge is 0.280 e. The van der Waals surface area contributed by atoms with Crippen LogP contribution in [0, 0.1) is 10.1 Å². The number of rotatable bonds is 4. The fourth-order valence-corrected chi connectivity index (χ4v) is 4.03. The zero-order valence-corrected chi connectivity index (χ0v) is 18.1. The number of nitro benzene ring substituents is 1. The Balaban J connectivity index is 1.63. The molecule has 7 nitrogen and oxygen atoms in total. The second-order valence-electron chi connectivity index (χ2n) is 6.58. The van der Waals surface area contributed by atoms with Crippen LogP contribution in [0.15, 0.2) is 63.6 Å². The van der Waals surface area contributed by atoms with E-state index in [9.17, 15) is 14.9 Å². The summed E-state index contributed by atoms with van der Waals surface area (Å²) in [5.41, 5.74) is 1.67. The predicted octanol–water partition coefficient (Wildman–Crippen LogP) is 6.62. The molecule has 0 N–H and O–H groups in total. The average Bonchev–Trinajstić information content (AvgIpc) is 3.28. The number of nitrogens with zero attached hydrogens (tertiary/aromatic N) is 3. The highest BCUT2D eigenvalue weighted by molar-refractivity contribution is 6.44. The summed E-state index contributed by atoms with van der Waals surface area (Å²) in [4.78, 5) is 23.3. The predicted molar refractivity (Wildman–Crippen MR) is 121 cm³/mol. The molecule has 0 atom stereocenters. The Kier molecular flexibility index (Phi) is 5.58. The Morgan fingerprint density at radius 2 is 1.71 bits per heavy atom. The molecule has 1 amide bonds. The quantitative estimate of drug-likeness (QED) is 0.240. The highest BCUT2D eigenvalue weighted by atomic mass is 35.5. The Hall–Kier alpha value is -3.13.